The molecule has 0 unspecified atom stereocenters. The van der Waals surface area contributed by atoms with Crippen molar-refractivity contribution in [2.24, 2.45) is 0 Å². The van der Waals surface area contributed by atoms with Crippen LogP contribution in [0.2, 0.25) is 0 Å². The van der Waals surface area contributed by atoms with Gasteiger partial charge in [-0.2, -0.15) is 0 Å². The van der Waals surface area contributed by atoms with Crippen molar-refractivity contribution < 1.29 is 2.74 Å². The van der Waals surface area contributed by atoms with Gasteiger partial charge in [0.1, 0.15) is 4.60 Å². The molecule has 0 radical (unpaired) electrons. The third-order valence-corrected chi connectivity index (χ3v) is 3.17. The van der Waals surface area contributed by atoms with Crippen molar-refractivity contribution in [2.45, 2.75) is 0 Å². The van der Waals surface area contributed by atoms with Crippen LogP contribution in [0, 0.1) is 3.57 Å². The van der Waals surface area contributed by atoms with Crippen LogP contribution in [-0.2, 0) is 0 Å². The smallest absolute Gasteiger partial charge is 0.121 e. The van der Waals surface area contributed by atoms with Crippen molar-refractivity contribution in [2.75, 3.05) is 5.73 Å². The van der Waals surface area contributed by atoms with E-state index in [1.165, 1.54) is 0 Å². The van der Waals surface area contributed by atoms with E-state index in [4.69, 9.17) is 8.48 Å². The van der Waals surface area contributed by atoms with Crippen LogP contribution in [0.5, 0.6) is 0 Å². The lowest BCUT2D eigenvalue weighted by atomic mass is 10.4. The van der Waals surface area contributed by atoms with Gasteiger partial charge in [-0.3, -0.25) is 0 Å². The van der Waals surface area contributed by atoms with Crippen LogP contribution in [0.15, 0.2) is 16.8 Å². The van der Waals surface area contributed by atoms with Gasteiger partial charge in [0.15, 0.2) is 0 Å². The molecule has 48 valence electrons. The van der Waals surface area contributed by atoms with Crippen molar-refractivity contribution in [3.63, 3.8) is 0 Å². The molecule has 2 N–H and O–H groups in total. The normalized spacial score (nSPS) is 12.7. The topological polar surface area (TPSA) is 38.9 Å². The second-order valence-corrected chi connectivity index (χ2v) is 3.20. The summed E-state index contributed by atoms with van der Waals surface area (Å²) >= 11 is 5.10. The van der Waals surface area contributed by atoms with Crippen molar-refractivity contribution in [3.05, 3.63) is 20.4 Å². The largest absolute Gasteiger partial charge is 0.398 e. The Morgan fingerprint density at radius 1 is 1.89 bits per heavy atom. The van der Waals surface area contributed by atoms with E-state index in [2.05, 4.69) is 20.9 Å². The van der Waals surface area contributed by atoms with Crippen LogP contribution in [0.4, 0.5) is 5.69 Å². The average Bonchev–Trinajstić information content (AvgIpc) is 1.97. The number of aromatic nitrogens is 1. The summed E-state index contributed by atoms with van der Waals surface area (Å²) in [7, 11) is 0. The van der Waals surface area contributed by atoms with E-state index in [0.717, 1.165) is 0 Å². The molecule has 1 rings (SSSR count). The zero-order chi connectivity index (χ0) is 8.59. The Bertz CT molecular complexity index is 279. The molecule has 0 saturated carbocycles. The Kier molecular flexibility index (Phi) is 1.54. The lowest BCUT2D eigenvalue weighted by Gasteiger charge is -1.96. The first kappa shape index (κ1) is 4.90. The first-order valence-electron chi connectivity index (χ1n) is 3.11. The number of nitrogen functional groups attached to an aromatic ring is 1. The Labute approximate surface area is 77.9 Å². The molecular formula is C5H4BrIN2. The highest BCUT2D eigenvalue weighted by molar-refractivity contribution is 14.1. The molecule has 1 heterocycles. The summed E-state index contributed by atoms with van der Waals surface area (Å²) in [4.78, 5) is 3.74. The van der Waals surface area contributed by atoms with E-state index in [1.54, 1.807) is 0 Å². The van der Waals surface area contributed by atoms with Gasteiger partial charge in [0, 0.05) is 11.9 Å². The predicted octanol–water partition coefficient (Wildman–Crippen LogP) is 2.03. The number of nitrogens with two attached hydrogens (primary N) is 1. The van der Waals surface area contributed by atoms with Gasteiger partial charge in [0.25, 0.3) is 0 Å². The second kappa shape index (κ2) is 2.83. The second-order valence-electron chi connectivity index (χ2n) is 1.37. The molecule has 9 heavy (non-hydrogen) atoms. The molecule has 0 saturated heterocycles. The number of hydrogen-bond donors (Lipinski definition) is 1. The summed E-state index contributed by atoms with van der Waals surface area (Å²) in [6.45, 7) is 0. The first-order chi connectivity index (χ1) is 5.04. The number of rotatable bonds is 0. The van der Waals surface area contributed by atoms with Crippen LogP contribution in [0.3, 0.4) is 0 Å². The summed E-state index contributed by atoms with van der Waals surface area (Å²) in [5.74, 6) is 0. The maximum atomic E-state index is 7.28. The van der Waals surface area contributed by atoms with E-state index >= 15 is 0 Å². The predicted molar refractivity (Wildman–Crippen MR) is 49.1 cm³/mol. The molecule has 0 fully saturated rings. The van der Waals surface area contributed by atoms with E-state index in [-0.39, 0.29) is 12.2 Å². The average molecular weight is 301 g/mol. The number of halogens is 2. The fourth-order valence-corrected chi connectivity index (χ4v) is 0.910. The summed E-state index contributed by atoms with van der Waals surface area (Å²) < 4.78 is 15.7. The molecule has 4 heteroatoms. The van der Waals surface area contributed by atoms with Crippen molar-refractivity contribution in [1.82, 2.24) is 4.98 Å². The Morgan fingerprint density at radius 2 is 2.56 bits per heavy atom. The number of pyridine rings is 1. The van der Waals surface area contributed by atoms with Gasteiger partial charge in [-0.25, -0.2) is 4.98 Å². The fraction of sp³-hybridized carbons (Fsp3) is 0. The van der Waals surface area contributed by atoms with E-state index < -0.39 is 0 Å². The minimum atomic E-state index is -0.102. The standard InChI is InChI=1S/C5H4BrIN2/c6-5-4(7)3(8)1-2-9-5/h1-2H,(H2,8,9)/i1D,2D. The maximum Gasteiger partial charge on any atom is 0.121 e. The first-order valence-corrected chi connectivity index (χ1v) is 3.99. The van der Waals surface area contributed by atoms with Gasteiger partial charge < -0.3 is 5.73 Å². The fourth-order valence-electron chi connectivity index (χ4n) is 0.352. The van der Waals surface area contributed by atoms with Crippen LogP contribution < -0.4 is 5.73 Å². The Morgan fingerprint density at radius 3 is 3.22 bits per heavy atom. The van der Waals surface area contributed by atoms with Gasteiger partial charge in [0.05, 0.1) is 6.31 Å². The monoisotopic (exact) mass is 300 g/mol. The van der Waals surface area contributed by atoms with Crippen molar-refractivity contribution >= 4 is 44.2 Å². The SMILES string of the molecule is [2H]c1nc(Br)c(I)c(N)c1[2H]. The lowest BCUT2D eigenvalue weighted by molar-refractivity contribution is 1.26. The molecule has 1 aromatic heterocycles. The van der Waals surface area contributed by atoms with Crippen LogP contribution in [0.25, 0.3) is 0 Å². The molecule has 0 aromatic carbocycles. The molecule has 0 spiro atoms. The zero-order valence-corrected chi connectivity index (χ0v) is 8.02. The minimum absolute atomic E-state index is 0.0161. The van der Waals surface area contributed by atoms with Crippen LogP contribution in [0.1, 0.15) is 2.74 Å². The minimum Gasteiger partial charge on any atom is -0.398 e. The van der Waals surface area contributed by atoms with Gasteiger partial charge in [-0.05, 0) is 44.6 Å². The molecule has 0 bridgehead atoms. The van der Waals surface area contributed by atoms with Gasteiger partial charge >= 0.3 is 0 Å². The molecule has 0 atom stereocenters. The summed E-state index contributed by atoms with van der Waals surface area (Å²) in [5.41, 5.74) is 5.80. The zero-order valence-electron chi connectivity index (χ0n) is 6.28. The van der Waals surface area contributed by atoms with Crippen LogP contribution >= 0.6 is 38.5 Å². The van der Waals surface area contributed by atoms with E-state index in [0.29, 0.717) is 13.9 Å². The Balaban J connectivity index is 3.46. The molecule has 0 amide bonds. The third kappa shape index (κ3) is 1.54. The molecular weight excluding hydrogens is 295 g/mol. The van der Waals surface area contributed by atoms with Gasteiger partial charge in [0.2, 0.25) is 0 Å². The quantitative estimate of drug-likeness (QED) is 0.588. The lowest BCUT2D eigenvalue weighted by Crippen LogP contribution is -1.90. The highest BCUT2D eigenvalue weighted by Crippen LogP contribution is 2.20. The molecule has 0 aliphatic rings. The van der Waals surface area contributed by atoms with Crippen molar-refractivity contribution in [1.29, 1.82) is 0 Å². The highest BCUT2D eigenvalue weighted by Gasteiger charge is 1.98. The van der Waals surface area contributed by atoms with Gasteiger partial charge in [-0.15, -0.1) is 0 Å². The molecule has 1 aromatic rings. The number of nitrogens with zero attached hydrogens (tertiary/aromatic N) is 1. The molecule has 2 nitrogen and oxygen atoms in total. The summed E-state index contributed by atoms with van der Waals surface area (Å²) in [5, 5.41) is 0. The van der Waals surface area contributed by atoms with Crippen LogP contribution in [-0.4, -0.2) is 4.98 Å². The number of anilines is 1. The van der Waals surface area contributed by atoms with E-state index in [9.17, 15) is 0 Å². The maximum absolute atomic E-state index is 7.28. The summed E-state index contributed by atoms with van der Waals surface area (Å²) in [6.07, 6.45) is -0.102. The Hall–Kier alpha value is 0.160. The number of hydrogen-bond acceptors (Lipinski definition) is 2. The third-order valence-electron chi connectivity index (χ3n) is 0.762. The van der Waals surface area contributed by atoms with E-state index in [1.807, 2.05) is 22.6 Å². The molecule has 0 aliphatic carbocycles. The highest BCUT2D eigenvalue weighted by atomic mass is 127. The van der Waals surface area contributed by atoms with Crippen molar-refractivity contribution in [3.8, 4) is 0 Å². The summed E-state index contributed by atoms with van der Waals surface area (Å²) in [6, 6.07) is -0.0161. The molecule has 0 aliphatic heterocycles. The van der Waals surface area contributed by atoms with Gasteiger partial charge in [-0.1, -0.05) is 0 Å².